The highest BCUT2D eigenvalue weighted by atomic mass is 32.2. The van der Waals surface area contributed by atoms with E-state index in [-0.39, 0.29) is 0 Å². The number of hydrogen-bond donors (Lipinski definition) is 0. The highest BCUT2D eigenvalue weighted by Gasteiger charge is 2.21. The number of hydrogen-bond acceptors (Lipinski definition) is 16. The van der Waals surface area contributed by atoms with Crippen LogP contribution in [0, 0.1) is 0 Å². The van der Waals surface area contributed by atoms with Crippen molar-refractivity contribution >= 4 is 93.7 Å². The molecule has 0 atom stereocenters. The van der Waals surface area contributed by atoms with Crippen LogP contribution in [0.4, 0.5) is 19.2 Å². The summed E-state index contributed by atoms with van der Waals surface area (Å²) in [4.78, 5) is 67.3. The second-order valence-electron chi connectivity index (χ2n) is 7.36. The van der Waals surface area contributed by atoms with Crippen LogP contribution in [-0.4, -0.2) is 104 Å². The molecule has 0 unspecified atom stereocenters. The molecule has 0 aromatic carbocycles. The van der Waals surface area contributed by atoms with Gasteiger partial charge in [0.2, 0.25) is 0 Å². The molecule has 40 heavy (non-hydrogen) atoms. The van der Waals surface area contributed by atoms with Gasteiger partial charge in [0, 0.05) is 28.2 Å². The minimum absolute atomic E-state index is 0.352. The Balaban J connectivity index is 4.58. The maximum Gasteiger partial charge on any atom is 0.447 e. The Kier molecular flexibility index (Phi) is 18.7. The molecule has 0 aliphatic rings. The van der Waals surface area contributed by atoms with Gasteiger partial charge in [-0.2, -0.15) is 0 Å². The van der Waals surface area contributed by atoms with Crippen LogP contribution in [0.3, 0.4) is 0 Å². The fourth-order valence-electron chi connectivity index (χ4n) is 1.70. The summed E-state index contributed by atoms with van der Waals surface area (Å²) < 4.78 is 4.19. The van der Waals surface area contributed by atoms with E-state index >= 15 is 0 Å². The van der Waals surface area contributed by atoms with Crippen molar-refractivity contribution in [1.29, 1.82) is 0 Å². The average Bonchev–Trinajstić information content (AvgIpc) is 2.93. The van der Waals surface area contributed by atoms with Gasteiger partial charge in [0.05, 0.1) is 35.7 Å². The molecule has 0 spiro atoms. The quantitative estimate of drug-likeness (QED) is 0.0938. The van der Waals surface area contributed by atoms with Gasteiger partial charge in [-0.1, -0.05) is 20.6 Å². The lowest BCUT2D eigenvalue weighted by Gasteiger charge is -2.19. The van der Waals surface area contributed by atoms with Gasteiger partial charge in [0.25, 0.3) is 0 Å². The van der Waals surface area contributed by atoms with Crippen LogP contribution in [0.15, 0.2) is 20.6 Å². The van der Waals surface area contributed by atoms with Crippen LogP contribution in [-0.2, 0) is 19.4 Å². The van der Waals surface area contributed by atoms with Gasteiger partial charge in [-0.25, -0.2) is 36.4 Å². The monoisotopic (exact) mass is 642 g/mol. The van der Waals surface area contributed by atoms with E-state index in [1.807, 2.05) is 0 Å². The summed E-state index contributed by atoms with van der Waals surface area (Å²) in [6, 6.07) is 0. The Labute approximate surface area is 250 Å². The molecule has 0 saturated heterocycles. The van der Waals surface area contributed by atoms with Crippen LogP contribution in [0.5, 0.6) is 0 Å². The molecule has 0 N–H and O–H groups in total. The van der Waals surface area contributed by atoms with E-state index in [9.17, 15) is 19.2 Å². The van der Waals surface area contributed by atoms with Crippen LogP contribution in [0.25, 0.3) is 0 Å². The zero-order chi connectivity index (χ0) is 30.8. The molecule has 0 fully saturated rings. The fraction of sp³-hybridized carbons (Fsp3) is 0.600. The van der Waals surface area contributed by atoms with E-state index < -0.39 is 24.4 Å². The lowest BCUT2D eigenvalue weighted by Crippen LogP contribution is -2.28. The van der Waals surface area contributed by atoms with Gasteiger partial charge in [0.15, 0.2) is 0 Å². The Morgan fingerprint density at radius 1 is 0.525 bits per heavy atom. The molecular weight excluding hydrogens is 609 g/mol. The zero-order valence-corrected chi connectivity index (χ0v) is 27.2. The third-order valence-electron chi connectivity index (χ3n) is 4.02. The Hall–Kier alpha value is -2.84. The summed E-state index contributed by atoms with van der Waals surface area (Å²) in [5.41, 5.74) is 0.934. The molecule has 0 aromatic heterocycles. The largest absolute Gasteiger partial charge is 0.447 e. The van der Waals surface area contributed by atoms with Gasteiger partial charge in [0.1, 0.15) is 10.1 Å². The maximum absolute atomic E-state index is 12.1. The summed E-state index contributed by atoms with van der Waals surface area (Å²) in [5, 5.41) is 15.9. The van der Waals surface area contributed by atoms with Crippen molar-refractivity contribution in [3.8, 4) is 0 Å². The number of carbonyl (C=O) groups is 4. The minimum Gasteiger partial charge on any atom is -0.297 e. The first-order valence-corrected chi connectivity index (χ1v) is 15.0. The van der Waals surface area contributed by atoms with Crippen LogP contribution < -0.4 is 0 Å². The molecule has 0 radical (unpaired) electrons. The van der Waals surface area contributed by atoms with E-state index in [0.717, 1.165) is 41.5 Å². The highest BCUT2D eigenvalue weighted by Crippen LogP contribution is 2.16. The molecule has 0 heterocycles. The minimum atomic E-state index is -0.826. The molecule has 4 amide bonds. The van der Waals surface area contributed by atoms with Crippen LogP contribution in [0.2, 0.25) is 0 Å². The normalized spacial score (nSPS) is 12.3. The van der Waals surface area contributed by atoms with Gasteiger partial charge in [-0.15, -0.1) is 23.5 Å². The van der Waals surface area contributed by atoms with E-state index in [0.29, 0.717) is 34.4 Å². The van der Waals surface area contributed by atoms with Crippen molar-refractivity contribution in [2.45, 2.75) is 40.5 Å². The third-order valence-corrected chi connectivity index (χ3v) is 6.93. The van der Waals surface area contributed by atoms with Crippen LogP contribution in [0.1, 0.15) is 40.5 Å². The second kappa shape index (κ2) is 20.1. The number of amides is 4. The predicted octanol–water partition coefficient (Wildman–Crippen LogP) is 5.31. The maximum atomic E-state index is 12.1. The van der Waals surface area contributed by atoms with E-state index in [4.69, 9.17) is 19.4 Å². The van der Waals surface area contributed by atoms with Gasteiger partial charge < -0.3 is 0 Å². The summed E-state index contributed by atoms with van der Waals surface area (Å²) in [6.45, 7) is 6.64. The van der Waals surface area contributed by atoms with Crippen molar-refractivity contribution in [1.82, 2.24) is 17.2 Å². The lowest BCUT2D eigenvalue weighted by molar-refractivity contribution is 0.129. The lowest BCUT2D eigenvalue weighted by atomic mass is 10.2. The number of carbonyl (C=O) groups excluding carboxylic acids is 4. The van der Waals surface area contributed by atoms with Gasteiger partial charge in [-0.3, -0.25) is 19.4 Å². The molecule has 20 heteroatoms. The van der Waals surface area contributed by atoms with Crippen molar-refractivity contribution in [2.75, 3.05) is 40.7 Å². The summed E-state index contributed by atoms with van der Waals surface area (Å²) in [6.07, 6.45) is 1.07. The van der Waals surface area contributed by atoms with Crippen molar-refractivity contribution in [3.05, 3.63) is 0 Å². The molecule has 0 saturated carbocycles. The van der Waals surface area contributed by atoms with E-state index in [2.05, 4.69) is 20.6 Å². The average molecular weight is 643 g/mol. The number of thioether (sulfide) groups is 2. The highest BCUT2D eigenvalue weighted by molar-refractivity contribution is 8.13. The Morgan fingerprint density at radius 3 is 1.02 bits per heavy atom. The van der Waals surface area contributed by atoms with Crippen molar-refractivity contribution < 1.29 is 38.5 Å². The van der Waals surface area contributed by atoms with E-state index in [1.54, 1.807) is 40.2 Å². The predicted molar refractivity (Wildman–Crippen MR) is 161 cm³/mol. The third kappa shape index (κ3) is 16.3. The van der Waals surface area contributed by atoms with E-state index in [1.165, 1.54) is 51.7 Å². The molecule has 0 aliphatic carbocycles. The summed E-state index contributed by atoms with van der Waals surface area (Å²) >= 11 is 4.10. The number of rotatable bonds is 11. The first-order chi connectivity index (χ1) is 18.7. The first-order valence-electron chi connectivity index (χ1n) is 11.1. The number of nitrogens with zero attached hydrogens (tertiary/aromatic N) is 8. The standard InChI is InChI=1S/C20H34N8O8S4/c1-13(21-33-17(29)25(5)39-27(7)19(31)35-23-15(3)37-9)11-12-14(2)22-34-18(30)26(6)40-28(8)20(32)36-24-16(4)38-10/h11-12H2,1-10H3/b21-13+,22-14+,23-15+,24-16+. The van der Waals surface area contributed by atoms with Gasteiger partial charge >= 0.3 is 24.4 Å². The summed E-state index contributed by atoms with van der Waals surface area (Å²) in [5.74, 6) is 0. The molecule has 0 aromatic rings. The Bertz CT molecular complexity index is 933. The van der Waals surface area contributed by atoms with Crippen LogP contribution >= 0.6 is 47.8 Å². The summed E-state index contributed by atoms with van der Waals surface area (Å²) in [7, 11) is 5.58. The SMILES string of the molecule is CS/C(C)=N/OC(=O)N(C)SN(C)C(=O)O/N=C(\C)CC/C(C)=N/OC(=O)N(C)SN(C)C(=O)O/N=C(\C)SC. The molecule has 16 nitrogen and oxygen atoms in total. The molecular formula is C20H34N8O8S4. The molecule has 0 aliphatic heterocycles. The molecule has 0 rings (SSSR count). The molecule has 226 valence electrons. The smallest absolute Gasteiger partial charge is 0.297 e. The zero-order valence-electron chi connectivity index (χ0n) is 23.9. The first kappa shape index (κ1) is 37.2. The topological polar surface area (TPSA) is 168 Å². The molecule has 0 bridgehead atoms. The fourth-order valence-corrected chi connectivity index (χ4v) is 3.06. The van der Waals surface area contributed by atoms with Crippen molar-refractivity contribution in [2.24, 2.45) is 20.6 Å². The number of oxime groups is 4. The second-order valence-corrected chi connectivity index (χ2v) is 11.9. The Morgan fingerprint density at radius 2 is 0.775 bits per heavy atom. The van der Waals surface area contributed by atoms with Gasteiger partial charge in [-0.05, 0) is 53.0 Å². The van der Waals surface area contributed by atoms with Crippen molar-refractivity contribution in [3.63, 3.8) is 0 Å².